The number of nitrogens with zero attached hydrogens (tertiary/aromatic N) is 1. The van der Waals surface area contributed by atoms with Gasteiger partial charge in [-0.2, -0.15) is 0 Å². The van der Waals surface area contributed by atoms with Gasteiger partial charge in [0.05, 0.1) is 5.56 Å². The highest BCUT2D eigenvalue weighted by Gasteiger charge is 2.29. The molecule has 2 aliphatic rings. The summed E-state index contributed by atoms with van der Waals surface area (Å²) in [6.45, 7) is 4.20. The number of nitrogens with one attached hydrogen (secondary N) is 1. The second kappa shape index (κ2) is 7.85. The second-order valence-corrected chi connectivity index (χ2v) is 7.83. The summed E-state index contributed by atoms with van der Waals surface area (Å²) in [5, 5.41) is 3.22. The van der Waals surface area contributed by atoms with Crippen LogP contribution in [0, 0.1) is 12.7 Å². The van der Waals surface area contributed by atoms with Gasteiger partial charge < -0.3 is 9.73 Å². The van der Waals surface area contributed by atoms with Crippen LogP contribution in [0.15, 0.2) is 28.7 Å². The third-order valence-corrected chi connectivity index (χ3v) is 5.79. The van der Waals surface area contributed by atoms with Crippen LogP contribution in [0.3, 0.4) is 0 Å². The lowest BCUT2D eigenvalue weighted by Crippen LogP contribution is -2.37. The summed E-state index contributed by atoms with van der Waals surface area (Å²) in [6, 6.07) is 6.92. The van der Waals surface area contributed by atoms with Crippen LogP contribution in [0.4, 0.5) is 4.39 Å². The van der Waals surface area contributed by atoms with Gasteiger partial charge >= 0.3 is 0 Å². The largest absolute Gasteiger partial charge is 0.465 e. The summed E-state index contributed by atoms with van der Waals surface area (Å²) in [4.78, 5) is 15.2. The summed E-state index contributed by atoms with van der Waals surface area (Å²) >= 11 is 0. The standard InChI is InChI=1S/C22H27FN2O2/c1-15-21(22(26)24-18-5-3-2-4-6-18)19-14-25(12-11-20(19)27-15)13-16-7-9-17(23)10-8-16/h7-10,18H,2-6,11-14H2,1H3,(H,24,26). The number of furan rings is 1. The van der Waals surface area contributed by atoms with Gasteiger partial charge in [0, 0.05) is 37.7 Å². The Morgan fingerprint density at radius 1 is 1.22 bits per heavy atom. The molecule has 1 aliphatic carbocycles. The van der Waals surface area contributed by atoms with Gasteiger partial charge in [0.2, 0.25) is 0 Å². The Kier molecular flexibility index (Phi) is 5.30. The van der Waals surface area contributed by atoms with Crippen molar-refractivity contribution in [1.82, 2.24) is 10.2 Å². The number of halogens is 1. The Bertz CT molecular complexity index is 806. The highest BCUT2D eigenvalue weighted by molar-refractivity contribution is 5.97. The van der Waals surface area contributed by atoms with Gasteiger partial charge in [-0.15, -0.1) is 0 Å². The zero-order valence-electron chi connectivity index (χ0n) is 15.9. The normalized spacial score (nSPS) is 18.3. The second-order valence-electron chi connectivity index (χ2n) is 7.83. The first-order valence-electron chi connectivity index (χ1n) is 9.99. The van der Waals surface area contributed by atoms with E-state index in [1.807, 2.05) is 19.1 Å². The molecule has 1 aromatic carbocycles. The molecule has 4 nitrogen and oxygen atoms in total. The van der Waals surface area contributed by atoms with Crippen molar-refractivity contribution in [2.24, 2.45) is 0 Å². The third kappa shape index (κ3) is 4.08. The maximum Gasteiger partial charge on any atom is 0.255 e. The Morgan fingerprint density at radius 2 is 1.96 bits per heavy atom. The molecule has 1 amide bonds. The van der Waals surface area contributed by atoms with Crippen molar-refractivity contribution in [3.8, 4) is 0 Å². The van der Waals surface area contributed by atoms with Gasteiger partial charge in [0.1, 0.15) is 17.3 Å². The number of rotatable bonds is 4. The van der Waals surface area contributed by atoms with E-state index in [-0.39, 0.29) is 17.8 Å². The fraction of sp³-hybridized carbons (Fsp3) is 0.500. The summed E-state index contributed by atoms with van der Waals surface area (Å²) in [5.74, 6) is 1.45. The Morgan fingerprint density at radius 3 is 2.70 bits per heavy atom. The lowest BCUT2D eigenvalue weighted by atomic mass is 9.94. The number of aryl methyl sites for hydroxylation is 1. The van der Waals surface area contributed by atoms with Crippen molar-refractivity contribution in [2.75, 3.05) is 6.54 Å². The quantitative estimate of drug-likeness (QED) is 0.870. The van der Waals surface area contributed by atoms with E-state index in [0.717, 1.165) is 60.6 Å². The van der Waals surface area contributed by atoms with Crippen molar-refractivity contribution >= 4 is 5.91 Å². The predicted octanol–water partition coefficient (Wildman–Crippen LogP) is 4.35. The molecule has 144 valence electrons. The van der Waals surface area contributed by atoms with Crippen molar-refractivity contribution in [3.63, 3.8) is 0 Å². The number of hydrogen-bond donors (Lipinski definition) is 1. The average Bonchev–Trinajstić information content (AvgIpc) is 2.99. The molecule has 0 unspecified atom stereocenters. The van der Waals surface area contributed by atoms with E-state index >= 15 is 0 Å². The van der Waals surface area contributed by atoms with E-state index in [2.05, 4.69) is 10.2 Å². The zero-order chi connectivity index (χ0) is 18.8. The first kappa shape index (κ1) is 18.2. The van der Waals surface area contributed by atoms with Crippen LogP contribution in [-0.4, -0.2) is 23.4 Å². The third-order valence-electron chi connectivity index (χ3n) is 5.79. The monoisotopic (exact) mass is 370 g/mol. The Labute approximate surface area is 159 Å². The molecule has 5 heteroatoms. The molecule has 1 saturated carbocycles. The topological polar surface area (TPSA) is 45.5 Å². The van der Waals surface area contributed by atoms with Crippen LogP contribution in [0.2, 0.25) is 0 Å². The van der Waals surface area contributed by atoms with Crippen LogP contribution in [0.25, 0.3) is 0 Å². The van der Waals surface area contributed by atoms with E-state index in [1.54, 1.807) is 0 Å². The van der Waals surface area contributed by atoms with Crippen molar-refractivity contribution in [2.45, 2.75) is 64.6 Å². The molecule has 4 rings (SSSR count). The van der Waals surface area contributed by atoms with Crippen LogP contribution >= 0.6 is 0 Å². The van der Waals surface area contributed by atoms with E-state index in [9.17, 15) is 9.18 Å². The van der Waals surface area contributed by atoms with Crippen molar-refractivity contribution < 1.29 is 13.6 Å². The first-order valence-corrected chi connectivity index (χ1v) is 9.99. The Hall–Kier alpha value is -2.14. The molecule has 0 saturated heterocycles. The van der Waals surface area contributed by atoms with E-state index in [4.69, 9.17) is 4.42 Å². The minimum Gasteiger partial charge on any atom is -0.465 e. The van der Waals surface area contributed by atoms with Gasteiger partial charge in [0.15, 0.2) is 0 Å². The molecule has 0 atom stereocenters. The lowest BCUT2D eigenvalue weighted by molar-refractivity contribution is 0.0924. The van der Waals surface area contributed by atoms with Crippen LogP contribution in [0.5, 0.6) is 0 Å². The minimum absolute atomic E-state index is 0.00744. The highest BCUT2D eigenvalue weighted by atomic mass is 19.1. The van der Waals surface area contributed by atoms with Crippen molar-refractivity contribution in [3.05, 3.63) is 58.3 Å². The molecule has 1 N–H and O–H groups in total. The van der Waals surface area contributed by atoms with E-state index in [0.29, 0.717) is 6.54 Å². The molecule has 1 fully saturated rings. The number of carbonyl (C=O) groups is 1. The maximum absolute atomic E-state index is 13.1. The maximum atomic E-state index is 13.1. The molecule has 27 heavy (non-hydrogen) atoms. The molecule has 1 aliphatic heterocycles. The zero-order valence-corrected chi connectivity index (χ0v) is 15.9. The summed E-state index contributed by atoms with van der Waals surface area (Å²) in [5.41, 5.74) is 2.82. The van der Waals surface area contributed by atoms with E-state index < -0.39 is 0 Å². The summed E-state index contributed by atoms with van der Waals surface area (Å²) in [6.07, 6.45) is 6.60. The van der Waals surface area contributed by atoms with Gasteiger partial charge in [-0.25, -0.2) is 4.39 Å². The molecular weight excluding hydrogens is 343 g/mol. The van der Waals surface area contributed by atoms with E-state index in [1.165, 1.54) is 31.4 Å². The van der Waals surface area contributed by atoms with Gasteiger partial charge in [0.25, 0.3) is 5.91 Å². The van der Waals surface area contributed by atoms with Gasteiger partial charge in [-0.1, -0.05) is 31.4 Å². The molecule has 0 bridgehead atoms. The molecule has 1 aromatic heterocycles. The summed E-state index contributed by atoms with van der Waals surface area (Å²) in [7, 11) is 0. The first-order chi connectivity index (χ1) is 13.1. The number of hydrogen-bond acceptors (Lipinski definition) is 3. The molecule has 0 radical (unpaired) electrons. The van der Waals surface area contributed by atoms with Gasteiger partial charge in [-0.3, -0.25) is 9.69 Å². The lowest BCUT2D eigenvalue weighted by Gasteiger charge is -2.27. The fourth-order valence-electron chi connectivity index (χ4n) is 4.37. The van der Waals surface area contributed by atoms with Gasteiger partial charge in [-0.05, 0) is 37.5 Å². The fourth-order valence-corrected chi connectivity index (χ4v) is 4.37. The number of fused-ring (bicyclic) bond motifs is 1. The SMILES string of the molecule is Cc1oc2c(c1C(=O)NC1CCCCC1)CN(Cc1ccc(F)cc1)CC2. The smallest absolute Gasteiger partial charge is 0.255 e. The number of carbonyl (C=O) groups excluding carboxylic acids is 1. The molecule has 2 aromatic rings. The number of benzene rings is 1. The molecular formula is C22H27FN2O2. The highest BCUT2D eigenvalue weighted by Crippen LogP contribution is 2.29. The van der Waals surface area contributed by atoms with Crippen LogP contribution in [-0.2, 0) is 19.5 Å². The Balaban J connectivity index is 1.48. The van der Waals surface area contributed by atoms with Crippen LogP contribution in [0.1, 0.15) is 65.1 Å². The van der Waals surface area contributed by atoms with Crippen LogP contribution < -0.4 is 5.32 Å². The summed E-state index contributed by atoms with van der Waals surface area (Å²) < 4.78 is 19.1. The molecule has 0 spiro atoms. The minimum atomic E-state index is -0.216. The average molecular weight is 370 g/mol. The molecule has 2 heterocycles. The predicted molar refractivity (Wildman–Crippen MR) is 102 cm³/mol. The van der Waals surface area contributed by atoms with Crippen molar-refractivity contribution in [1.29, 1.82) is 0 Å². The number of amides is 1.